The summed E-state index contributed by atoms with van der Waals surface area (Å²) in [5, 5.41) is 35.7. The van der Waals surface area contributed by atoms with Gasteiger partial charge in [0.15, 0.2) is 5.96 Å². The van der Waals surface area contributed by atoms with Crippen molar-refractivity contribution >= 4 is 80.8 Å². The molecule has 14 N–H and O–H groups in total. The van der Waals surface area contributed by atoms with Crippen LogP contribution in [-0.2, 0) is 56.0 Å². The summed E-state index contributed by atoms with van der Waals surface area (Å²) in [6.07, 6.45) is -0.209. The molecule has 0 spiro atoms. The highest BCUT2D eigenvalue weighted by Crippen LogP contribution is 2.39. The van der Waals surface area contributed by atoms with E-state index >= 15 is 0 Å². The van der Waals surface area contributed by atoms with E-state index in [0.717, 1.165) is 10.8 Å². The smallest absolute Gasteiger partial charge is 0.326 e. The van der Waals surface area contributed by atoms with Gasteiger partial charge in [-0.15, -0.1) is 0 Å². The molecule has 70 heavy (non-hydrogen) atoms. The third-order valence-electron chi connectivity index (χ3n) is 11.3. The average Bonchev–Trinajstić information content (AvgIpc) is 3.78. The Hall–Kier alpha value is -6.56. The lowest BCUT2D eigenvalue weighted by molar-refractivity contribution is -0.145. The Kier molecular flexibility index (Phi) is 21.2. The number of nitrogens with zero attached hydrogens (tertiary/aromatic N) is 2. The zero-order valence-corrected chi connectivity index (χ0v) is 41.2. The number of carbonyl (C=O) groups is 9. The number of benzene rings is 2. The van der Waals surface area contributed by atoms with Crippen molar-refractivity contribution in [3.63, 3.8) is 0 Å². The fraction of sp³-hybridized carbons (Fsp3) is 0.522. The molecule has 0 radical (unpaired) electrons. The standard InChI is InChI=1S/C46H65N11O11S2/c1-25(2)37-42(65)54-32(22-35(47)59)39(62)55-33(43(66)57-19-9-13-34(57)41(64)52-29(44(67)68)12-8-18-50-45(48)49)24-69-70-46(3,4)23-36(60)51-30(21-27-14-16-28(58)17-15-27)38(61)53-31(40(63)56-37)20-26-10-6-5-7-11-26/h5-7,10-11,14-17,25,29-34,37,58H,8-9,12-13,18-24H2,1-4H3,(H2,47,59)(H,51,60)(H,52,64)(H,53,61)(H,54,65)(H,55,62)(H,56,63)(H,67,68)(H4,48,49,50)/t29-,30+,31-,32-,33-,34+,37-/m0/s1. The molecule has 2 heterocycles. The topological polar surface area (TPSA) is 360 Å². The predicted molar refractivity (Wildman–Crippen MR) is 263 cm³/mol. The highest BCUT2D eigenvalue weighted by atomic mass is 33.1. The number of amides is 8. The minimum atomic E-state index is -1.66. The van der Waals surface area contributed by atoms with Crippen molar-refractivity contribution < 1.29 is 53.4 Å². The molecule has 2 aliphatic rings. The summed E-state index contributed by atoms with van der Waals surface area (Å²) >= 11 is 0. The maximum absolute atomic E-state index is 14.5. The summed E-state index contributed by atoms with van der Waals surface area (Å²) in [7, 11) is 2.30. The van der Waals surface area contributed by atoms with Gasteiger partial charge in [0.1, 0.15) is 48.0 Å². The largest absolute Gasteiger partial charge is 0.508 e. The lowest BCUT2D eigenvalue weighted by Gasteiger charge is -2.31. The molecule has 0 aromatic heterocycles. The molecule has 0 saturated carbocycles. The van der Waals surface area contributed by atoms with E-state index in [0.29, 0.717) is 17.5 Å². The van der Waals surface area contributed by atoms with Gasteiger partial charge in [-0.2, -0.15) is 0 Å². The predicted octanol–water partition coefficient (Wildman–Crippen LogP) is -0.689. The van der Waals surface area contributed by atoms with Crippen molar-refractivity contribution in [2.75, 3.05) is 18.8 Å². The van der Waals surface area contributed by atoms with Crippen LogP contribution in [0.2, 0.25) is 0 Å². The summed E-state index contributed by atoms with van der Waals surface area (Å²) in [4.78, 5) is 129. The number of aliphatic imine (C=N–C) groups is 1. The minimum Gasteiger partial charge on any atom is -0.508 e. The molecule has 8 amide bonds. The van der Waals surface area contributed by atoms with E-state index in [2.05, 4.69) is 36.9 Å². The van der Waals surface area contributed by atoms with Crippen LogP contribution in [0.3, 0.4) is 0 Å². The van der Waals surface area contributed by atoms with Gasteiger partial charge in [0.2, 0.25) is 47.3 Å². The van der Waals surface area contributed by atoms with Gasteiger partial charge >= 0.3 is 5.97 Å². The molecule has 0 bridgehead atoms. The highest BCUT2D eigenvalue weighted by molar-refractivity contribution is 8.77. The monoisotopic (exact) mass is 1010 g/mol. The Balaban J connectivity index is 1.71. The second-order valence-electron chi connectivity index (χ2n) is 18.1. The number of carbonyl (C=O) groups excluding carboxylic acids is 8. The van der Waals surface area contributed by atoms with E-state index in [-0.39, 0.29) is 69.1 Å². The maximum Gasteiger partial charge on any atom is 0.326 e. The van der Waals surface area contributed by atoms with Crippen molar-refractivity contribution in [1.29, 1.82) is 0 Å². The quantitative estimate of drug-likeness (QED) is 0.0455. The number of nitrogens with one attached hydrogen (secondary N) is 6. The lowest BCUT2D eigenvalue weighted by Crippen LogP contribution is -2.61. The molecule has 7 atom stereocenters. The van der Waals surface area contributed by atoms with Gasteiger partial charge in [-0.3, -0.25) is 43.3 Å². The van der Waals surface area contributed by atoms with Crippen LogP contribution in [0.5, 0.6) is 5.75 Å². The number of aliphatic carboxylic acids is 1. The fourth-order valence-corrected chi connectivity index (χ4v) is 10.5. The second-order valence-corrected chi connectivity index (χ2v) is 21.2. The van der Waals surface area contributed by atoms with Crippen LogP contribution in [0.4, 0.5) is 0 Å². The molecule has 4 rings (SSSR count). The molecule has 0 unspecified atom stereocenters. The summed E-state index contributed by atoms with van der Waals surface area (Å²) in [5.41, 5.74) is 17.5. The Bertz CT molecular complexity index is 2230. The minimum absolute atomic E-state index is 0.0133. The van der Waals surface area contributed by atoms with Crippen LogP contribution >= 0.6 is 21.6 Å². The number of rotatable bonds is 15. The van der Waals surface area contributed by atoms with Gasteiger partial charge in [0, 0.05) is 42.9 Å². The molecule has 22 nitrogen and oxygen atoms in total. The number of carboxylic acids is 1. The number of primary amides is 1. The Morgan fingerprint density at radius 3 is 2.04 bits per heavy atom. The Morgan fingerprint density at radius 2 is 1.43 bits per heavy atom. The number of phenols is 1. The van der Waals surface area contributed by atoms with E-state index in [1.165, 1.54) is 27.8 Å². The van der Waals surface area contributed by atoms with Crippen LogP contribution in [-0.4, -0.2) is 140 Å². The van der Waals surface area contributed by atoms with Crippen LogP contribution < -0.4 is 49.1 Å². The van der Waals surface area contributed by atoms with E-state index in [1.807, 2.05) is 0 Å². The summed E-state index contributed by atoms with van der Waals surface area (Å²) in [6.45, 7) is 6.93. The van der Waals surface area contributed by atoms with Gasteiger partial charge in [-0.1, -0.05) is 77.9 Å². The van der Waals surface area contributed by atoms with Gasteiger partial charge in [-0.05, 0) is 68.7 Å². The van der Waals surface area contributed by atoms with Crippen molar-refractivity contribution in [3.05, 3.63) is 65.7 Å². The van der Waals surface area contributed by atoms with Crippen molar-refractivity contribution in [1.82, 2.24) is 36.8 Å². The first-order chi connectivity index (χ1) is 33.0. The maximum atomic E-state index is 14.5. The van der Waals surface area contributed by atoms with Crippen LogP contribution in [0.1, 0.15) is 77.3 Å². The first-order valence-corrected chi connectivity index (χ1v) is 25.2. The molecule has 2 aliphatic heterocycles. The number of phenolic OH excluding ortho intramolecular Hbond substituents is 1. The number of nitrogens with two attached hydrogens (primary N) is 3. The van der Waals surface area contributed by atoms with Crippen LogP contribution in [0.25, 0.3) is 0 Å². The van der Waals surface area contributed by atoms with Crippen LogP contribution in [0, 0.1) is 5.92 Å². The molecule has 2 fully saturated rings. The number of carboxylic acid groups (broad SMARTS) is 1. The van der Waals surface area contributed by atoms with Gasteiger partial charge in [0.05, 0.1) is 6.42 Å². The molecule has 2 aromatic rings. The number of aromatic hydroxyl groups is 1. The third kappa shape index (κ3) is 17.8. The molecule has 0 aliphatic carbocycles. The van der Waals surface area contributed by atoms with Crippen molar-refractivity contribution in [2.45, 2.75) is 126 Å². The average molecular weight is 1010 g/mol. The van der Waals surface area contributed by atoms with Crippen molar-refractivity contribution in [3.8, 4) is 5.75 Å². The lowest BCUT2D eigenvalue weighted by atomic mass is 9.99. The number of guanidine groups is 1. The normalized spacial score (nSPS) is 23.3. The van der Waals surface area contributed by atoms with Crippen molar-refractivity contribution in [2.24, 2.45) is 28.1 Å². The van der Waals surface area contributed by atoms with E-state index in [4.69, 9.17) is 17.2 Å². The molecular weight excluding hydrogens is 947 g/mol. The SMILES string of the molecule is CC(C)[C@@H]1NC(=O)[C@H](Cc2ccccc2)NC(=O)[C@@H](Cc2ccc(O)cc2)NC(=O)CC(C)(C)SSC[C@@H](C(=O)N2CCC[C@@H]2C(=O)N[C@@H](CCCN=C(N)N)C(=O)O)NC(=O)[C@H](CC(N)=O)NC1=O. The van der Waals surface area contributed by atoms with E-state index in [9.17, 15) is 53.4 Å². The first kappa shape index (κ1) is 56.0. The molecule has 2 aromatic carbocycles. The number of hydrogen-bond donors (Lipinski definition) is 11. The highest BCUT2D eigenvalue weighted by Gasteiger charge is 2.41. The molecule has 382 valence electrons. The second kappa shape index (κ2) is 26.4. The van der Waals surface area contributed by atoms with E-state index < -0.39 is 113 Å². The summed E-state index contributed by atoms with van der Waals surface area (Å²) in [6, 6.07) is 5.42. The molecule has 2 saturated heterocycles. The summed E-state index contributed by atoms with van der Waals surface area (Å²) in [5.74, 6) is -8.65. The van der Waals surface area contributed by atoms with Gasteiger partial charge in [-0.25, -0.2) is 4.79 Å². The third-order valence-corrected chi connectivity index (χ3v) is 14.6. The van der Waals surface area contributed by atoms with Gasteiger partial charge in [0.25, 0.3) is 0 Å². The van der Waals surface area contributed by atoms with E-state index in [1.54, 1.807) is 70.2 Å². The Morgan fingerprint density at radius 1 is 0.829 bits per heavy atom. The first-order valence-electron chi connectivity index (χ1n) is 22.8. The number of likely N-dealkylation sites (tertiary alicyclic amines) is 1. The fourth-order valence-electron chi connectivity index (χ4n) is 7.77. The van der Waals surface area contributed by atoms with Crippen LogP contribution in [0.15, 0.2) is 59.6 Å². The number of hydrogen-bond acceptors (Lipinski definition) is 13. The van der Waals surface area contributed by atoms with Gasteiger partial charge < -0.3 is 64.2 Å². The molecule has 24 heteroatoms. The summed E-state index contributed by atoms with van der Waals surface area (Å²) < 4.78 is -0.889. The zero-order chi connectivity index (χ0) is 51.7. The molecular formula is C46H65N11O11S2. The Labute approximate surface area is 414 Å². The zero-order valence-electron chi connectivity index (χ0n) is 39.6.